The third kappa shape index (κ3) is 7.25. The Hall–Kier alpha value is -1.84. The molecule has 2 rings (SSSR count). The number of benzene rings is 1. The van der Waals surface area contributed by atoms with Crippen LogP contribution >= 0.6 is 0 Å². The van der Waals surface area contributed by atoms with Crippen molar-refractivity contribution in [1.29, 1.82) is 0 Å². The largest absolute Gasteiger partial charge is 0.447 e. The maximum Gasteiger partial charge on any atom is 0.416 e. The topological polar surface area (TPSA) is 46.6 Å². The molecular weight excluding hydrogens is 278 g/mol. The first-order valence-electron chi connectivity index (χ1n) is 8.14. The number of unbranched alkanes of at least 4 members (excludes halogenated alkanes) is 4. The Labute approximate surface area is 133 Å². The van der Waals surface area contributed by atoms with Gasteiger partial charge in [0.15, 0.2) is 0 Å². The average Bonchev–Trinajstić information content (AvgIpc) is 2.94. The fraction of sp³-hybridized carbons (Fsp3) is 0.556. The van der Waals surface area contributed by atoms with Gasteiger partial charge >= 0.3 is 6.09 Å². The van der Waals surface area contributed by atoms with Gasteiger partial charge in [-0.15, -0.1) is 0 Å². The lowest BCUT2D eigenvalue weighted by molar-refractivity contribution is -0.127. The summed E-state index contributed by atoms with van der Waals surface area (Å²) in [6, 6.07) is 10.3. The minimum atomic E-state index is -0.478. The Morgan fingerprint density at radius 1 is 1.14 bits per heavy atom. The van der Waals surface area contributed by atoms with Gasteiger partial charge in [-0.1, -0.05) is 68.5 Å². The van der Waals surface area contributed by atoms with E-state index >= 15 is 0 Å². The molecule has 0 aromatic heterocycles. The molecule has 1 aromatic carbocycles. The quantitative estimate of drug-likeness (QED) is 0.735. The predicted molar refractivity (Wildman–Crippen MR) is 87.6 cm³/mol. The smallest absolute Gasteiger partial charge is 0.416 e. The molecule has 0 spiro atoms. The highest BCUT2D eigenvalue weighted by atomic mass is 16.6. The van der Waals surface area contributed by atoms with Gasteiger partial charge in [-0.3, -0.25) is 4.79 Å². The van der Waals surface area contributed by atoms with E-state index in [0.29, 0.717) is 19.6 Å². The fourth-order valence-electron chi connectivity index (χ4n) is 2.17. The number of rotatable bonds is 6. The van der Waals surface area contributed by atoms with Crippen LogP contribution in [0, 0.1) is 6.92 Å². The molecule has 2 amide bonds. The second-order valence-corrected chi connectivity index (χ2v) is 5.48. The number of hydrogen-bond donors (Lipinski definition) is 0. The van der Waals surface area contributed by atoms with Crippen LogP contribution in [0.2, 0.25) is 0 Å². The molecule has 1 fully saturated rings. The SMILES string of the molecule is CCCCCCCC(=O)N1CCOC1=O.Cc1ccccc1. The first-order valence-corrected chi connectivity index (χ1v) is 8.14. The van der Waals surface area contributed by atoms with Crippen LogP contribution in [0.25, 0.3) is 0 Å². The van der Waals surface area contributed by atoms with E-state index < -0.39 is 6.09 Å². The second kappa shape index (κ2) is 10.8. The summed E-state index contributed by atoms with van der Waals surface area (Å²) in [7, 11) is 0. The summed E-state index contributed by atoms with van der Waals surface area (Å²) in [6.45, 7) is 5.01. The highest BCUT2D eigenvalue weighted by molar-refractivity contribution is 5.92. The first-order chi connectivity index (χ1) is 10.6. The molecular formula is C18H27NO3. The summed E-state index contributed by atoms with van der Waals surface area (Å²) in [5, 5.41) is 0. The van der Waals surface area contributed by atoms with Crippen molar-refractivity contribution in [3.8, 4) is 0 Å². The highest BCUT2D eigenvalue weighted by Crippen LogP contribution is 2.10. The molecule has 122 valence electrons. The fourth-order valence-corrected chi connectivity index (χ4v) is 2.17. The summed E-state index contributed by atoms with van der Waals surface area (Å²) >= 11 is 0. The van der Waals surface area contributed by atoms with Crippen molar-refractivity contribution in [2.45, 2.75) is 52.4 Å². The monoisotopic (exact) mass is 305 g/mol. The first kappa shape index (κ1) is 18.2. The standard InChI is InChI=1S/C11H19NO3.C7H8/c1-2-3-4-5-6-7-10(13)12-8-9-15-11(12)14;1-7-5-3-2-4-6-7/h2-9H2,1H3;2-6H,1H3. The van der Waals surface area contributed by atoms with E-state index in [-0.39, 0.29) is 5.91 Å². The van der Waals surface area contributed by atoms with Crippen molar-refractivity contribution in [2.75, 3.05) is 13.2 Å². The van der Waals surface area contributed by atoms with Crippen LogP contribution in [0.1, 0.15) is 51.0 Å². The summed E-state index contributed by atoms with van der Waals surface area (Å²) in [5.74, 6) is -0.0889. The van der Waals surface area contributed by atoms with Crippen molar-refractivity contribution in [1.82, 2.24) is 4.90 Å². The van der Waals surface area contributed by atoms with Crippen LogP contribution in [-0.4, -0.2) is 30.1 Å². The van der Waals surface area contributed by atoms with Gasteiger partial charge in [0.2, 0.25) is 5.91 Å². The van der Waals surface area contributed by atoms with E-state index in [4.69, 9.17) is 4.74 Å². The number of nitrogens with zero attached hydrogens (tertiary/aromatic N) is 1. The maximum absolute atomic E-state index is 11.5. The molecule has 0 atom stereocenters. The summed E-state index contributed by atoms with van der Waals surface area (Å²) in [6.07, 6.45) is 5.54. The minimum absolute atomic E-state index is 0.0889. The van der Waals surface area contributed by atoms with E-state index in [0.717, 1.165) is 12.8 Å². The number of ether oxygens (including phenoxy) is 1. The van der Waals surface area contributed by atoms with Crippen LogP contribution in [0.5, 0.6) is 0 Å². The molecule has 4 heteroatoms. The normalized spacial score (nSPS) is 13.4. The summed E-state index contributed by atoms with van der Waals surface area (Å²) in [5.41, 5.74) is 1.32. The van der Waals surface area contributed by atoms with Gasteiger partial charge in [-0.25, -0.2) is 9.69 Å². The molecule has 1 aromatic rings. The predicted octanol–water partition coefficient (Wildman–Crippen LogP) is 4.32. The average molecular weight is 305 g/mol. The van der Waals surface area contributed by atoms with Gasteiger partial charge in [-0.05, 0) is 13.3 Å². The number of aryl methyl sites for hydroxylation is 1. The number of imide groups is 1. The van der Waals surface area contributed by atoms with Gasteiger partial charge in [0.1, 0.15) is 6.61 Å². The molecule has 1 heterocycles. The molecule has 0 N–H and O–H groups in total. The molecule has 1 aliphatic rings. The second-order valence-electron chi connectivity index (χ2n) is 5.48. The molecule has 0 bridgehead atoms. The lowest BCUT2D eigenvalue weighted by Gasteiger charge is -2.09. The third-order valence-corrected chi connectivity index (χ3v) is 3.50. The van der Waals surface area contributed by atoms with E-state index in [1.165, 1.54) is 29.7 Å². The van der Waals surface area contributed by atoms with E-state index in [9.17, 15) is 9.59 Å². The molecule has 0 unspecified atom stereocenters. The Morgan fingerprint density at radius 2 is 1.82 bits per heavy atom. The zero-order valence-corrected chi connectivity index (χ0v) is 13.7. The third-order valence-electron chi connectivity index (χ3n) is 3.50. The zero-order chi connectivity index (χ0) is 16.2. The van der Waals surface area contributed by atoms with Crippen molar-refractivity contribution < 1.29 is 14.3 Å². The van der Waals surface area contributed by atoms with Crippen molar-refractivity contribution in [2.24, 2.45) is 0 Å². The van der Waals surface area contributed by atoms with Crippen LogP contribution in [0.15, 0.2) is 30.3 Å². The molecule has 22 heavy (non-hydrogen) atoms. The van der Waals surface area contributed by atoms with Crippen LogP contribution in [-0.2, 0) is 9.53 Å². The zero-order valence-electron chi connectivity index (χ0n) is 13.7. The lowest BCUT2D eigenvalue weighted by Crippen LogP contribution is -2.31. The maximum atomic E-state index is 11.5. The number of amides is 2. The van der Waals surface area contributed by atoms with E-state index in [1.54, 1.807) is 0 Å². The van der Waals surface area contributed by atoms with Gasteiger partial charge in [0, 0.05) is 6.42 Å². The number of cyclic esters (lactones) is 1. The molecule has 1 aliphatic heterocycles. The molecule has 0 radical (unpaired) electrons. The Balaban J connectivity index is 0.000000287. The molecule has 0 aliphatic carbocycles. The highest BCUT2D eigenvalue weighted by Gasteiger charge is 2.27. The number of carbonyl (C=O) groups is 2. The summed E-state index contributed by atoms with van der Waals surface area (Å²) in [4.78, 5) is 23.8. The Kier molecular flexibility index (Phi) is 8.96. The number of hydrogen-bond acceptors (Lipinski definition) is 3. The minimum Gasteiger partial charge on any atom is -0.447 e. The van der Waals surface area contributed by atoms with Crippen LogP contribution in [0.4, 0.5) is 4.79 Å². The van der Waals surface area contributed by atoms with Gasteiger partial charge in [0.25, 0.3) is 0 Å². The Bertz CT molecular complexity index is 445. The molecule has 1 saturated heterocycles. The van der Waals surface area contributed by atoms with E-state index in [1.807, 2.05) is 18.2 Å². The van der Waals surface area contributed by atoms with Crippen molar-refractivity contribution >= 4 is 12.0 Å². The van der Waals surface area contributed by atoms with Crippen LogP contribution in [0.3, 0.4) is 0 Å². The molecule has 0 saturated carbocycles. The van der Waals surface area contributed by atoms with Crippen molar-refractivity contribution in [3.05, 3.63) is 35.9 Å². The summed E-state index contributed by atoms with van der Waals surface area (Å²) < 4.78 is 4.70. The van der Waals surface area contributed by atoms with Gasteiger partial charge < -0.3 is 4.74 Å². The van der Waals surface area contributed by atoms with Crippen molar-refractivity contribution in [3.63, 3.8) is 0 Å². The number of carbonyl (C=O) groups excluding carboxylic acids is 2. The van der Waals surface area contributed by atoms with Crippen LogP contribution < -0.4 is 0 Å². The lowest BCUT2D eigenvalue weighted by atomic mass is 10.1. The van der Waals surface area contributed by atoms with Gasteiger partial charge in [0.05, 0.1) is 6.54 Å². The van der Waals surface area contributed by atoms with E-state index in [2.05, 4.69) is 26.0 Å². The molecule has 4 nitrogen and oxygen atoms in total. The Morgan fingerprint density at radius 3 is 2.32 bits per heavy atom. The van der Waals surface area contributed by atoms with Gasteiger partial charge in [-0.2, -0.15) is 0 Å².